The van der Waals surface area contributed by atoms with Gasteiger partial charge in [-0.1, -0.05) is 0 Å². The molecular weight excluding hydrogens is 168 g/mol. The van der Waals surface area contributed by atoms with Crippen LogP contribution in [0.15, 0.2) is 13.2 Å². The number of rotatable bonds is 2. The molecule has 0 radical (unpaired) electrons. The lowest BCUT2D eigenvalue weighted by Crippen LogP contribution is -1.98. The largest absolute Gasteiger partial charge is 0.480 e. The molecule has 72 valence electrons. The molecule has 0 saturated heterocycles. The molecule has 12 heavy (non-hydrogen) atoms. The number of aliphatic carboxylic acids is 2. The molecule has 0 aromatic heterocycles. The number of aliphatic hydroxyl groups is 2. The first-order valence-corrected chi connectivity index (χ1v) is 2.70. The Labute approximate surface area is 69.4 Å². The van der Waals surface area contributed by atoms with E-state index in [-0.39, 0.29) is 0 Å². The number of carbonyl (C=O) groups is 2. The van der Waals surface area contributed by atoms with E-state index in [0.29, 0.717) is 0 Å². The Bertz CT molecular complexity index is 107. The van der Waals surface area contributed by atoms with Crippen LogP contribution in [0.2, 0.25) is 0 Å². The van der Waals surface area contributed by atoms with Crippen LogP contribution in [0.4, 0.5) is 0 Å². The van der Waals surface area contributed by atoms with Gasteiger partial charge in [0.1, 0.15) is 13.2 Å². The van der Waals surface area contributed by atoms with Crippen LogP contribution in [0.25, 0.3) is 0 Å². The highest BCUT2D eigenvalue weighted by Gasteiger charge is 1.83. The maximum Gasteiger partial charge on any atom is 0.329 e. The molecule has 0 saturated carbocycles. The van der Waals surface area contributed by atoms with Gasteiger partial charge in [0.25, 0.3) is 0 Å². The molecule has 0 fully saturated rings. The number of carboxylic acids is 2. The Hall–Kier alpha value is -1.40. The molecule has 0 amide bonds. The SMILES string of the molecule is C=C.O=C(O)CO.O=C(O)CO. The zero-order valence-electron chi connectivity index (χ0n) is 6.43. The van der Waals surface area contributed by atoms with E-state index in [1.165, 1.54) is 0 Å². The van der Waals surface area contributed by atoms with Crippen molar-refractivity contribution < 1.29 is 30.0 Å². The third kappa shape index (κ3) is 73.5. The molecule has 0 aliphatic rings. The number of hydrogen-bond donors (Lipinski definition) is 4. The lowest BCUT2D eigenvalue weighted by atomic mass is 10.8. The average Bonchev–Trinajstić information content (AvgIpc) is 2.09. The van der Waals surface area contributed by atoms with Gasteiger partial charge in [0.2, 0.25) is 0 Å². The summed E-state index contributed by atoms with van der Waals surface area (Å²) in [5.74, 6) is -2.38. The minimum atomic E-state index is -1.19. The topological polar surface area (TPSA) is 115 Å². The standard InChI is InChI=1S/2C2H4O3.C2H4/c2*3-1-2(4)5;1-2/h2*3H,1H2,(H,4,5);1-2H2. The summed E-state index contributed by atoms with van der Waals surface area (Å²) in [4.78, 5) is 18.2. The summed E-state index contributed by atoms with van der Waals surface area (Å²) < 4.78 is 0. The zero-order valence-corrected chi connectivity index (χ0v) is 6.43. The monoisotopic (exact) mass is 180 g/mol. The molecule has 0 atom stereocenters. The van der Waals surface area contributed by atoms with Crippen LogP contribution in [0.3, 0.4) is 0 Å². The molecule has 0 bridgehead atoms. The van der Waals surface area contributed by atoms with Crippen LogP contribution in [0, 0.1) is 0 Å². The average molecular weight is 180 g/mol. The fourth-order valence-electron chi connectivity index (χ4n) is 0. The summed E-state index contributed by atoms with van der Waals surface area (Å²) >= 11 is 0. The first kappa shape index (κ1) is 16.9. The third-order valence-corrected chi connectivity index (χ3v) is 0.271. The predicted molar refractivity (Wildman–Crippen MR) is 40.7 cm³/mol. The van der Waals surface area contributed by atoms with Gasteiger partial charge in [0.15, 0.2) is 0 Å². The van der Waals surface area contributed by atoms with E-state index >= 15 is 0 Å². The van der Waals surface area contributed by atoms with E-state index < -0.39 is 25.2 Å². The quantitative estimate of drug-likeness (QED) is 0.402. The molecule has 6 heteroatoms. The molecular formula is C6H12O6. The lowest BCUT2D eigenvalue weighted by molar-refractivity contribution is -0.141. The van der Waals surface area contributed by atoms with Crippen molar-refractivity contribution in [3.63, 3.8) is 0 Å². The minimum absolute atomic E-state index is 0.778. The normalized spacial score (nSPS) is 6.50. The van der Waals surface area contributed by atoms with E-state index in [9.17, 15) is 0 Å². The zero-order chi connectivity index (χ0) is 10.6. The highest BCUT2D eigenvalue weighted by molar-refractivity contribution is 5.67. The van der Waals surface area contributed by atoms with Gasteiger partial charge in [-0.25, -0.2) is 9.59 Å². The van der Waals surface area contributed by atoms with Gasteiger partial charge in [0, 0.05) is 0 Å². The molecule has 0 heterocycles. The van der Waals surface area contributed by atoms with Crippen molar-refractivity contribution in [3.05, 3.63) is 13.2 Å². The summed E-state index contributed by atoms with van der Waals surface area (Å²) in [5.41, 5.74) is 0. The molecule has 4 N–H and O–H groups in total. The minimum Gasteiger partial charge on any atom is -0.480 e. The Morgan fingerprint density at radius 2 is 1.00 bits per heavy atom. The van der Waals surface area contributed by atoms with E-state index in [0.717, 1.165) is 0 Å². The van der Waals surface area contributed by atoms with Crippen LogP contribution in [0.5, 0.6) is 0 Å². The van der Waals surface area contributed by atoms with Crippen molar-refractivity contribution in [1.82, 2.24) is 0 Å². The molecule has 0 aliphatic carbocycles. The van der Waals surface area contributed by atoms with Crippen molar-refractivity contribution >= 4 is 11.9 Å². The maximum atomic E-state index is 9.12. The molecule has 0 rings (SSSR count). The van der Waals surface area contributed by atoms with Crippen LogP contribution < -0.4 is 0 Å². The molecule has 0 unspecified atom stereocenters. The van der Waals surface area contributed by atoms with Crippen LogP contribution in [-0.4, -0.2) is 45.6 Å². The fraction of sp³-hybridized carbons (Fsp3) is 0.333. The smallest absolute Gasteiger partial charge is 0.329 e. The second kappa shape index (κ2) is 16.3. The van der Waals surface area contributed by atoms with Gasteiger partial charge in [-0.3, -0.25) is 0 Å². The highest BCUT2D eigenvalue weighted by Crippen LogP contribution is 1.49. The predicted octanol–water partition coefficient (Wildman–Crippen LogP) is -1.07. The molecule has 0 aromatic carbocycles. The van der Waals surface area contributed by atoms with Gasteiger partial charge in [-0.15, -0.1) is 13.2 Å². The molecule has 6 nitrogen and oxygen atoms in total. The van der Waals surface area contributed by atoms with Gasteiger partial charge >= 0.3 is 11.9 Å². The van der Waals surface area contributed by atoms with Crippen molar-refractivity contribution in [3.8, 4) is 0 Å². The summed E-state index contributed by atoms with van der Waals surface area (Å²) in [6.45, 7) is 4.44. The Kier molecular flexibility index (Phi) is 23.0. The van der Waals surface area contributed by atoms with Crippen LogP contribution in [-0.2, 0) is 9.59 Å². The van der Waals surface area contributed by atoms with E-state index in [2.05, 4.69) is 13.2 Å². The number of aliphatic hydroxyl groups excluding tert-OH is 2. The van der Waals surface area contributed by atoms with Gasteiger partial charge in [-0.2, -0.15) is 0 Å². The third-order valence-electron chi connectivity index (χ3n) is 0.271. The van der Waals surface area contributed by atoms with Gasteiger partial charge in [-0.05, 0) is 0 Å². The number of carboxylic acid groups (broad SMARTS) is 2. The highest BCUT2D eigenvalue weighted by atomic mass is 16.4. The van der Waals surface area contributed by atoms with Crippen molar-refractivity contribution in [2.24, 2.45) is 0 Å². The van der Waals surface area contributed by atoms with Gasteiger partial charge < -0.3 is 20.4 Å². The van der Waals surface area contributed by atoms with E-state index in [1.807, 2.05) is 0 Å². The molecule has 0 spiro atoms. The van der Waals surface area contributed by atoms with Crippen LogP contribution >= 0.6 is 0 Å². The second-order valence-corrected chi connectivity index (χ2v) is 1.10. The van der Waals surface area contributed by atoms with Crippen LogP contribution in [0.1, 0.15) is 0 Å². The van der Waals surface area contributed by atoms with Crippen molar-refractivity contribution in [2.45, 2.75) is 0 Å². The van der Waals surface area contributed by atoms with Crippen molar-refractivity contribution in [1.29, 1.82) is 0 Å². The first-order chi connectivity index (χ1) is 5.54. The Balaban J connectivity index is -0.000000112. The summed E-state index contributed by atoms with van der Waals surface area (Å²) in [7, 11) is 0. The summed E-state index contributed by atoms with van der Waals surface area (Å²) in [6.07, 6.45) is 0. The Morgan fingerprint density at radius 1 is 0.917 bits per heavy atom. The summed E-state index contributed by atoms with van der Waals surface area (Å²) in [5, 5.41) is 30.0. The molecule has 0 aromatic rings. The Morgan fingerprint density at radius 3 is 1.00 bits per heavy atom. The van der Waals surface area contributed by atoms with E-state index in [1.54, 1.807) is 0 Å². The maximum absolute atomic E-state index is 9.12. The van der Waals surface area contributed by atoms with Crippen molar-refractivity contribution in [2.75, 3.05) is 13.2 Å². The van der Waals surface area contributed by atoms with Gasteiger partial charge in [0.05, 0.1) is 0 Å². The van der Waals surface area contributed by atoms with E-state index in [4.69, 9.17) is 30.0 Å². The second-order valence-electron chi connectivity index (χ2n) is 1.10. The number of hydrogen-bond acceptors (Lipinski definition) is 4. The fourth-order valence-corrected chi connectivity index (χ4v) is 0. The first-order valence-electron chi connectivity index (χ1n) is 2.70. The molecule has 0 aliphatic heterocycles. The summed E-state index contributed by atoms with van der Waals surface area (Å²) in [6, 6.07) is 0. The lowest BCUT2D eigenvalue weighted by Gasteiger charge is -1.72.